The van der Waals surface area contributed by atoms with Gasteiger partial charge in [-0.05, 0) is 70.8 Å². The molecule has 0 radical (unpaired) electrons. The second-order valence-corrected chi connectivity index (χ2v) is 14.1. The lowest BCUT2D eigenvalue weighted by Crippen LogP contribution is -2.60. The van der Waals surface area contributed by atoms with E-state index in [1.165, 1.54) is 0 Å². The van der Waals surface area contributed by atoms with Gasteiger partial charge >= 0.3 is 0 Å². The van der Waals surface area contributed by atoms with E-state index in [1.807, 2.05) is 47.6 Å². The highest BCUT2D eigenvalue weighted by atomic mass is 16.2. The van der Waals surface area contributed by atoms with Crippen LogP contribution in [0, 0.1) is 11.3 Å². The Morgan fingerprint density at radius 2 is 1.57 bits per heavy atom. The SMILES string of the molecule is CCCN(C)C(=O)[C@@H]1CCCN1C(=O)C(C)=C[C@H](C(C)C)N(C)C(=O)[C@@H](NC(=O)[C@H]1CCCCN1C(C)C)C(C)(C)C. The van der Waals surface area contributed by atoms with Crippen LogP contribution < -0.4 is 5.32 Å². The van der Waals surface area contributed by atoms with E-state index in [2.05, 4.69) is 24.1 Å². The molecule has 0 spiro atoms. The summed E-state index contributed by atoms with van der Waals surface area (Å²) in [5, 5.41) is 3.14. The van der Waals surface area contributed by atoms with Crippen molar-refractivity contribution in [3.05, 3.63) is 11.6 Å². The first kappa shape index (κ1) is 35.8. The summed E-state index contributed by atoms with van der Waals surface area (Å²) in [5.41, 5.74) is 0.0135. The zero-order valence-corrected chi connectivity index (χ0v) is 28.3. The molecule has 2 aliphatic heterocycles. The van der Waals surface area contributed by atoms with Crippen molar-refractivity contribution in [1.82, 2.24) is 24.9 Å². The van der Waals surface area contributed by atoms with Crippen molar-refractivity contribution < 1.29 is 19.2 Å². The number of hydrogen-bond acceptors (Lipinski definition) is 5. The van der Waals surface area contributed by atoms with Gasteiger partial charge in [-0.3, -0.25) is 24.1 Å². The Bertz CT molecular complexity index is 985. The topological polar surface area (TPSA) is 93.3 Å². The molecule has 9 heteroatoms. The summed E-state index contributed by atoms with van der Waals surface area (Å²) in [4.78, 5) is 61.6. The van der Waals surface area contributed by atoms with Crippen molar-refractivity contribution in [2.45, 2.75) is 131 Å². The first-order valence-corrected chi connectivity index (χ1v) is 16.1. The number of carbonyl (C=O) groups is 4. The fourth-order valence-electron chi connectivity index (χ4n) is 6.36. The van der Waals surface area contributed by atoms with E-state index < -0.39 is 17.5 Å². The second kappa shape index (κ2) is 15.3. The van der Waals surface area contributed by atoms with Gasteiger partial charge in [0.2, 0.25) is 23.6 Å². The monoisotopic (exact) mass is 589 g/mol. The van der Waals surface area contributed by atoms with Crippen LogP contribution in [0.2, 0.25) is 0 Å². The third-order valence-corrected chi connectivity index (χ3v) is 8.88. The molecule has 2 fully saturated rings. The Hall–Kier alpha value is -2.42. The molecule has 42 heavy (non-hydrogen) atoms. The zero-order chi connectivity index (χ0) is 31.9. The van der Waals surface area contributed by atoms with Gasteiger partial charge in [0.1, 0.15) is 12.1 Å². The molecule has 4 amide bonds. The van der Waals surface area contributed by atoms with Crippen molar-refractivity contribution in [2.75, 3.05) is 33.7 Å². The largest absolute Gasteiger partial charge is 0.344 e. The maximum atomic E-state index is 14.1. The van der Waals surface area contributed by atoms with Gasteiger partial charge in [-0.25, -0.2) is 0 Å². The third kappa shape index (κ3) is 8.80. The number of carbonyl (C=O) groups excluding carboxylic acids is 4. The normalized spacial score (nSPS) is 21.8. The van der Waals surface area contributed by atoms with E-state index in [9.17, 15) is 19.2 Å². The van der Waals surface area contributed by atoms with E-state index in [4.69, 9.17) is 0 Å². The molecule has 0 aromatic heterocycles. The van der Waals surface area contributed by atoms with Crippen LogP contribution in [-0.2, 0) is 19.2 Å². The number of likely N-dealkylation sites (N-methyl/N-ethyl adjacent to an activating group) is 2. The molecule has 2 saturated heterocycles. The molecule has 0 aromatic rings. The smallest absolute Gasteiger partial charge is 0.249 e. The van der Waals surface area contributed by atoms with Crippen LogP contribution in [0.15, 0.2) is 11.6 Å². The fraction of sp³-hybridized carbons (Fsp3) is 0.818. The van der Waals surface area contributed by atoms with Gasteiger partial charge in [0.25, 0.3) is 0 Å². The molecular formula is C33H59N5O4. The summed E-state index contributed by atoms with van der Waals surface area (Å²) in [5.74, 6) is -0.409. The first-order valence-electron chi connectivity index (χ1n) is 16.1. The maximum Gasteiger partial charge on any atom is 0.249 e. The summed E-state index contributed by atoms with van der Waals surface area (Å²) in [6, 6.07) is -1.51. The molecular weight excluding hydrogens is 530 g/mol. The van der Waals surface area contributed by atoms with Gasteiger partial charge in [0.05, 0.1) is 12.1 Å². The minimum atomic E-state index is -0.716. The minimum absolute atomic E-state index is 0.0130. The number of amides is 4. The lowest BCUT2D eigenvalue weighted by molar-refractivity contribution is -0.142. The predicted octanol–water partition coefficient (Wildman–Crippen LogP) is 4.07. The van der Waals surface area contributed by atoms with Gasteiger partial charge < -0.3 is 20.0 Å². The van der Waals surface area contributed by atoms with Crippen LogP contribution in [0.3, 0.4) is 0 Å². The quantitative estimate of drug-likeness (QED) is 0.367. The highest BCUT2D eigenvalue weighted by Gasteiger charge is 2.40. The number of piperidine rings is 1. The molecule has 0 saturated carbocycles. The van der Waals surface area contributed by atoms with Crippen molar-refractivity contribution in [3.8, 4) is 0 Å². The van der Waals surface area contributed by atoms with Crippen LogP contribution in [0.1, 0.15) is 101 Å². The summed E-state index contributed by atoms with van der Waals surface area (Å²) < 4.78 is 0. The summed E-state index contributed by atoms with van der Waals surface area (Å²) >= 11 is 0. The van der Waals surface area contributed by atoms with Gasteiger partial charge in [-0.15, -0.1) is 0 Å². The molecule has 2 heterocycles. The highest BCUT2D eigenvalue weighted by Crippen LogP contribution is 2.27. The predicted molar refractivity (Wildman–Crippen MR) is 169 cm³/mol. The second-order valence-electron chi connectivity index (χ2n) is 14.1. The molecule has 0 unspecified atom stereocenters. The lowest BCUT2D eigenvalue weighted by Gasteiger charge is -2.41. The third-order valence-electron chi connectivity index (χ3n) is 8.88. The van der Waals surface area contributed by atoms with Gasteiger partial charge in [-0.2, -0.15) is 0 Å². The van der Waals surface area contributed by atoms with E-state index >= 15 is 0 Å². The van der Waals surface area contributed by atoms with Crippen molar-refractivity contribution in [2.24, 2.45) is 11.3 Å². The Kier molecular flexibility index (Phi) is 13.1. The number of nitrogens with one attached hydrogen (secondary N) is 1. The molecule has 0 bridgehead atoms. The van der Waals surface area contributed by atoms with Crippen LogP contribution >= 0.6 is 0 Å². The van der Waals surface area contributed by atoms with Crippen molar-refractivity contribution in [3.63, 3.8) is 0 Å². The van der Waals surface area contributed by atoms with Crippen LogP contribution in [0.4, 0.5) is 0 Å². The summed E-state index contributed by atoms with van der Waals surface area (Å²) in [7, 11) is 3.55. The van der Waals surface area contributed by atoms with E-state index in [-0.39, 0.29) is 47.7 Å². The molecule has 9 nitrogen and oxygen atoms in total. The number of nitrogens with zero attached hydrogens (tertiary/aromatic N) is 4. The molecule has 4 atom stereocenters. The maximum absolute atomic E-state index is 14.1. The first-order chi connectivity index (χ1) is 19.5. The molecule has 1 N–H and O–H groups in total. The van der Waals surface area contributed by atoms with E-state index in [0.29, 0.717) is 25.1 Å². The molecule has 240 valence electrons. The van der Waals surface area contributed by atoms with Gasteiger partial charge in [0, 0.05) is 38.8 Å². The summed E-state index contributed by atoms with van der Waals surface area (Å²) in [6.07, 6.45) is 7.06. The van der Waals surface area contributed by atoms with Gasteiger partial charge in [-0.1, -0.05) is 54.0 Å². The van der Waals surface area contributed by atoms with Crippen LogP contribution in [0.5, 0.6) is 0 Å². The number of hydrogen-bond donors (Lipinski definition) is 1. The number of likely N-dealkylation sites (tertiary alicyclic amines) is 2. The Labute approximate surface area is 255 Å². The average Bonchev–Trinajstić information content (AvgIpc) is 3.41. The standard InChI is InChI=1S/C33H59N5O4/c1-12-18-35(10)31(41)26-17-15-20-38(26)30(40)24(6)21-27(22(2)3)36(11)32(42)28(33(7,8)9)34-29(39)25-16-13-14-19-37(25)23(4)5/h21-23,25-28H,12-20H2,1-11H3,(H,34,39)/t25-,26+,27-,28-/m1/s1. The van der Waals surface area contributed by atoms with Crippen molar-refractivity contribution in [1.29, 1.82) is 0 Å². The zero-order valence-electron chi connectivity index (χ0n) is 28.3. The molecule has 2 rings (SSSR count). The fourth-order valence-corrected chi connectivity index (χ4v) is 6.36. The van der Waals surface area contributed by atoms with Crippen LogP contribution in [-0.4, -0.2) is 107 Å². The van der Waals surface area contributed by atoms with Gasteiger partial charge in [0.15, 0.2) is 0 Å². The van der Waals surface area contributed by atoms with E-state index in [0.717, 1.165) is 38.6 Å². The minimum Gasteiger partial charge on any atom is -0.344 e. The average molecular weight is 590 g/mol. The van der Waals surface area contributed by atoms with Crippen LogP contribution in [0.25, 0.3) is 0 Å². The summed E-state index contributed by atoms with van der Waals surface area (Å²) in [6.45, 7) is 20.1. The Morgan fingerprint density at radius 3 is 2.12 bits per heavy atom. The number of rotatable bonds is 11. The lowest BCUT2D eigenvalue weighted by atomic mass is 9.84. The Balaban J connectivity index is 2.27. The highest BCUT2D eigenvalue weighted by molar-refractivity contribution is 5.97. The molecule has 2 aliphatic rings. The van der Waals surface area contributed by atoms with Crippen molar-refractivity contribution >= 4 is 23.6 Å². The molecule has 0 aromatic carbocycles. The van der Waals surface area contributed by atoms with E-state index in [1.54, 1.807) is 35.7 Å². The Morgan fingerprint density at radius 1 is 0.952 bits per heavy atom. The molecule has 0 aliphatic carbocycles.